The Morgan fingerprint density at radius 2 is 1.97 bits per heavy atom. The molecule has 0 atom stereocenters. The normalized spacial score (nSPS) is 11.4. The van der Waals surface area contributed by atoms with Gasteiger partial charge in [0.05, 0.1) is 29.3 Å². The van der Waals surface area contributed by atoms with E-state index in [1.54, 1.807) is 36.4 Å². The topological polar surface area (TPSA) is 91.9 Å². The number of fused-ring (bicyclic) bond motifs is 1. The van der Waals surface area contributed by atoms with E-state index in [0.29, 0.717) is 28.5 Å². The number of imidazole rings is 1. The van der Waals surface area contributed by atoms with E-state index in [2.05, 4.69) is 16.0 Å². The summed E-state index contributed by atoms with van der Waals surface area (Å²) in [5.41, 5.74) is 4.46. The maximum absolute atomic E-state index is 11.5. The van der Waals surface area contributed by atoms with Gasteiger partial charge in [0, 0.05) is 11.6 Å². The zero-order valence-corrected chi connectivity index (χ0v) is 15.9. The third-order valence-corrected chi connectivity index (χ3v) is 4.52. The van der Waals surface area contributed by atoms with Crippen molar-refractivity contribution >= 4 is 28.7 Å². The van der Waals surface area contributed by atoms with Gasteiger partial charge in [-0.2, -0.15) is 5.26 Å². The van der Waals surface area contributed by atoms with Crippen LogP contribution in [0.5, 0.6) is 0 Å². The Morgan fingerprint density at radius 3 is 2.69 bits per heavy atom. The standard InChI is InChI=1S/C23H17N3O3/c1-14-3-9-19-20(11-14)26-22(25-19)17(13-24)12-18-8-10-21(29-18)15-4-6-16(7-5-15)23(27)28-2/h3-12H,1-2H3,(H,25,26)/b17-12+. The molecule has 4 aromatic rings. The number of aromatic nitrogens is 2. The fraction of sp³-hybridized carbons (Fsp3) is 0.0870. The average molecular weight is 383 g/mol. The van der Waals surface area contributed by atoms with Crippen LogP contribution in [0.2, 0.25) is 0 Å². The van der Waals surface area contributed by atoms with Crippen LogP contribution in [-0.4, -0.2) is 23.0 Å². The molecule has 0 fully saturated rings. The van der Waals surface area contributed by atoms with Crippen molar-refractivity contribution in [3.8, 4) is 17.4 Å². The highest BCUT2D eigenvalue weighted by Crippen LogP contribution is 2.26. The molecule has 29 heavy (non-hydrogen) atoms. The molecule has 6 nitrogen and oxygen atoms in total. The van der Waals surface area contributed by atoms with Gasteiger partial charge in [0.15, 0.2) is 0 Å². The molecular formula is C23H17N3O3. The first kappa shape index (κ1) is 18.3. The lowest BCUT2D eigenvalue weighted by atomic mass is 10.1. The molecule has 2 heterocycles. The number of allylic oxidation sites excluding steroid dienone is 1. The number of nitriles is 1. The summed E-state index contributed by atoms with van der Waals surface area (Å²) in [6, 6.07) is 18.6. The second kappa shape index (κ2) is 7.49. The van der Waals surface area contributed by atoms with Gasteiger partial charge in [-0.25, -0.2) is 9.78 Å². The minimum atomic E-state index is -0.390. The second-order valence-corrected chi connectivity index (χ2v) is 6.55. The van der Waals surface area contributed by atoms with Gasteiger partial charge in [-0.1, -0.05) is 18.2 Å². The van der Waals surface area contributed by atoms with E-state index in [1.807, 2.05) is 31.2 Å². The van der Waals surface area contributed by atoms with Crippen molar-refractivity contribution in [2.24, 2.45) is 0 Å². The molecule has 0 amide bonds. The molecule has 0 aliphatic carbocycles. The minimum Gasteiger partial charge on any atom is -0.465 e. The zero-order valence-electron chi connectivity index (χ0n) is 15.9. The van der Waals surface area contributed by atoms with Crippen LogP contribution in [0, 0.1) is 18.3 Å². The van der Waals surface area contributed by atoms with Crippen LogP contribution in [0.4, 0.5) is 0 Å². The molecule has 0 saturated carbocycles. The molecule has 2 aromatic heterocycles. The highest BCUT2D eigenvalue weighted by molar-refractivity contribution is 5.91. The van der Waals surface area contributed by atoms with E-state index in [1.165, 1.54) is 7.11 Å². The SMILES string of the molecule is COC(=O)c1ccc(-c2ccc(/C=C(\C#N)c3nc4ccc(C)cc4[nH]3)o2)cc1. The van der Waals surface area contributed by atoms with Gasteiger partial charge in [0.25, 0.3) is 0 Å². The Hall–Kier alpha value is -4.11. The summed E-state index contributed by atoms with van der Waals surface area (Å²) in [6.07, 6.45) is 1.65. The molecule has 0 radical (unpaired) electrons. The number of ether oxygens (including phenoxy) is 1. The number of esters is 1. The number of aromatic amines is 1. The van der Waals surface area contributed by atoms with Crippen molar-refractivity contribution < 1.29 is 13.9 Å². The Labute approximate surface area is 167 Å². The Kier molecular flexibility index (Phi) is 4.71. The monoisotopic (exact) mass is 383 g/mol. The van der Waals surface area contributed by atoms with Crippen molar-refractivity contribution in [3.05, 3.63) is 77.3 Å². The van der Waals surface area contributed by atoms with Crippen LogP contribution in [-0.2, 0) is 4.74 Å². The van der Waals surface area contributed by atoms with E-state index in [0.717, 1.165) is 22.2 Å². The molecule has 0 unspecified atom stereocenters. The van der Waals surface area contributed by atoms with Gasteiger partial charge < -0.3 is 14.1 Å². The van der Waals surface area contributed by atoms with E-state index in [9.17, 15) is 10.1 Å². The van der Waals surface area contributed by atoms with Gasteiger partial charge in [-0.15, -0.1) is 0 Å². The molecule has 0 saturated heterocycles. The van der Waals surface area contributed by atoms with Gasteiger partial charge in [0.2, 0.25) is 0 Å². The predicted molar refractivity (Wildman–Crippen MR) is 110 cm³/mol. The predicted octanol–water partition coefficient (Wildman–Crippen LogP) is 4.98. The average Bonchev–Trinajstić information content (AvgIpc) is 3.38. The second-order valence-electron chi connectivity index (χ2n) is 6.55. The number of hydrogen-bond acceptors (Lipinski definition) is 5. The largest absolute Gasteiger partial charge is 0.465 e. The fourth-order valence-electron chi connectivity index (χ4n) is 3.02. The number of carbonyl (C=O) groups is 1. The number of rotatable bonds is 4. The number of aryl methyl sites for hydroxylation is 1. The maximum Gasteiger partial charge on any atom is 0.337 e. The van der Waals surface area contributed by atoms with Crippen molar-refractivity contribution in [1.29, 1.82) is 5.26 Å². The minimum absolute atomic E-state index is 0.376. The van der Waals surface area contributed by atoms with Crippen LogP contribution in [0.25, 0.3) is 34.0 Å². The van der Waals surface area contributed by atoms with Crippen molar-refractivity contribution in [2.45, 2.75) is 6.92 Å². The van der Waals surface area contributed by atoms with Gasteiger partial charge >= 0.3 is 5.97 Å². The number of benzene rings is 2. The Balaban J connectivity index is 1.63. The van der Waals surface area contributed by atoms with Gasteiger partial charge in [0.1, 0.15) is 23.4 Å². The van der Waals surface area contributed by atoms with E-state index in [-0.39, 0.29) is 5.97 Å². The zero-order chi connectivity index (χ0) is 20.4. The molecule has 6 heteroatoms. The smallest absolute Gasteiger partial charge is 0.337 e. The molecule has 4 rings (SSSR count). The van der Waals surface area contributed by atoms with Crippen LogP contribution in [0.1, 0.15) is 27.5 Å². The van der Waals surface area contributed by atoms with E-state index < -0.39 is 0 Å². The fourth-order valence-corrected chi connectivity index (χ4v) is 3.02. The quantitative estimate of drug-likeness (QED) is 0.396. The summed E-state index contributed by atoms with van der Waals surface area (Å²) in [4.78, 5) is 19.2. The van der Waals surface area contributed by atoms with Crippen molar-refractivity contribution in [1.82, 2.24) is 9.97 Å². The summed E-state index contributed by atoms with van der Waals surface area (Å²) in [5, 5.41) is 9.59. The van der Waals surface area contributed by atoms with E-state index in [4.69, 9.17) is 9.15 Å². The summed E-state index contributed by atoms with van der Waals surface area (Å²) in [6.45, 7) is 2.00. The lowest BCUT2D eigenvalue weighted by molar-refractivity contribution is 0.0600. The van der Waals surface area contributed by atoms with Gasteiger partial charge in [-0.3, -0.25) is 0 Å². The van der Waals surface area contributed by atoms with Gasteiger partial charge in [-0.05, 0) is 48.9 Å². The number of nitrogens with zero attached hydrogens (tertiary/aromatic N) is 2. The van der Waals surface area contributed by atoms with Crippen LogP contribution in [0.15, 0.2) is 59.0 Å². The number of hydrogen-bond donors (Lipinski definition) is 1. The van der Waals surface area contributed by atoms with Crippen LogP contribution >= 0.6 is 0 Å². The Morgan fingerprint density at radius 1 is 1.17 bits per heavy atom. The Bertz CT molecular complexity index is 1270. The lowest BCUT2D eigenvalue weighted by Crippen LogP contribution is -2.00. The summed E-state index contributed by atoms with van der Waals surface area (Å²) >= 11 is 0. The first-order valence-electron chi connectivity index (χ1n) is 8.94. The number of nitrogens with one attached hydrogen (secondary N) is 1. The summed E-state index contributed by atoms with van der Waals surface area (Å²) in [5.74, 6) is 1.27. The molecule has 0 aliphatic rings. The highest BCUT2D eigenvalue weighted by atomic mass is 16.5. The molecule has 0 spiro atoms. The van der Waals surface area contributed by atoms with E-state index >= 15 is 0 Å². The first-order chi connectivity index (χ1) is 14.1. The molecular weight excluding hydrogens is 366 g/mol. The van der Waals surface area contributed by atoms with Crippen molar-refractivity contribution in [3.63, 3.8) is 0 Å². The molecule has 2 aromatic carbocycles. The van der Waals surface area contributed by atoms with Crippen LogP contribution in [0.3, 0.4) is 0 Å². The summed E-state index contributed by atoms with van der Waals surface area (Å²) < 4.78 is 10.6. The first-order valence-corrected chi connectivity index (χ1v) is 8.94. The number of H-pyrrole nitrogens is 1. The lowest BCUT2D eigenvalue weighted by Gasteiger charge is -2.00. The highest BCUT2D eigenvalue weighted by Gasteiger charge is 2.11. The molecule has 0 aliphatic heterocycles. The molecule has 1 N–H and O–H groups in total. The number of furan rings is 1. The maximum atomic E-state index is 11.5. The third-order valence-electron chi connectivity index (χ3n) is 4.52. The van der Waals surface area contributed by atoms with Crippen molar-refractivity contribution in [2.75, 3.05) is 7.11 Å². The summed E-state index contributed by atoms with van der Waals surface area (Å²) in [7, 11) is 1.34. The number of methoxy groups -OCH3 is 1. The third kappa shape index (κ3) is 3.66. The van der Waals surface area contributed by atoms with Crippen LogP contribution < -0.4 is 0 Å². The molecule has 0 bridgehead atoms. The molecule has 142 valence electrons. The number of carbonyl (C=O) groups excluding carboxylic acids is 1.